The lowest BCUT2D eigenvalue weighted by Crippen LogP contribution is -2.34. The second-order valence-corrected chi connectivity index (χ2v) is 4.66. The van der Waals surface area contributed by atoms with Crippen LogP contribution in [0.1, 0.15) is 40.0 Å². The van der Waals surface area contributed by atoms with Gasteiger partial charge in [-0.1, -0.05) is 0 Å². The van der Waals surface area contributed by atoms with Crippen LogP contribution in [0.15, 0.2) is 0 Å². The van der Waals surface area contributed by atoms with Crippen LogP contribution >= 0.6 is 0 Å². The molecule has 0 bridgehead atoms. The maximum absolute atomic E-state index is 11.4. The van der Waals surface area contributed by atoms with E-state index in [1.165, 1.54) is 0 Å². The number of rotatable bonds is 2. The standard InChI is InChI=1S/C10H18O4/c1-9(2,3)14-8(11)7-10(12)5-4-6-13-10/h12H,4-7H2,1-3H3. The van der Waals surface area contributed by atoms with Crippen LogP contribution in [0, 0.1) is 0 Å². The third kappa shape index (κ3) is 3.64. The summed E-state index contributed by atoms with van der Waals surface area (Å²) in [6.07, 6.45) is 1.22. The van der Waals surface area contributed by atoms with Crippen LogP contribution in [0.3, 0.4) is 0 Å². The minimum Gasteiger partial charge on any atom is -0.460 e. The van der Waals surface area contributed by atoms with Crippen LogP contribution in [-0.4, -0.2) is 29.1 Å². The van der Waals surface area contributed by atoms with Gasteiger partial charge in [-0.25, -0.2) is 0 Å². The zero-order valence-corrected chi connectivity index (χ0v) is 9.00. The Morgan fingerprint density at radius 3 is 2.64 bits per heavy atom. The Hall–Kier alpha value is -0.610. The summed E-state index contributed by atoms with van der Waals surface area (Å²) in [6.45, 7) is 5.90. The lowest BCUT2D eigenvalue weighted by atomic mass is 10.1. The van der Waals surface area contributed by atoms with Crippen LogP contribution < -0.4 is 0 Å². The Kier molecular flexibility index (Phi) is 3.17. The summed E-state index contributed by atoms with van der Waals surface area (Å²) in [5.41, 5.74) is -0.508. The average Bonchev–Trinajstić information content (AvgIpc) is 2.30. The predicted octanol–water partition coefficient (Wildman–Crippen LogP) is 1.22. The Morgan fingerprint density at radius 2 is 2.21 bits per heavy atom. The number of hydrogen-bond donors (Lipinski definition) is 1. The molecule has 0 amide bonds. The molecule has 0 radical (unpaired) electrons. The Balaban J connectivity index is 2.40. The maximum atomic E-state index is 11.4. The van der Waals surface area contributed by atoms with Crippen molar-refractivity contribution in [1.29, 1.82) is 0 Å². The monoisotopic (exact) mass is 202 g/mol. The van der Waals surface area contributed by atoms with Gasteiger partial charge >= 0.3 is 5.97 Å². The number of hydrogen-bond acceptors (Lipinski definition) is 4. The highest BCUT2D eigenvalue weighted by Crippen LogP contribution is 2.27. The van der Waals surface area contributed by atoms with Gasteiger partial charge in [-0.15, -0.1) is 0 Å². The predicted molar refractivity (Wildman–Crippen MR) is 50.6 cm³/mol. The van der Waals surface area contributed by atoms with E-state index in [4.69, 9.17) is 9.47 Å². The molecule has 4 nitrogen and oxygen atoms in total. The molecule has 0 aromatic rings. The summed E-state index contributed by atoms with van der Waals surface area (Å²) < 4.78 is 10.2. The molecule has 1 rings (SSSR count). The zero-order chi connectivity index (χ0) is 10.8. The van der Waals surface area contributed by atoms with E-state index in [0.29, 0.717) is 13.0 Å². The van der Waals surface area contributed by atoms with Crippen molar-refractivity contribution in [3.05, 3.63) is 0 Å². The van der Waals surface area contributed by atoms with Gasteiger partial charge in [0.15, 0.2) is 5.79 Å². The van der Waals surface area contributed by atoms with Crippen molar-refractivity contribution in [3.63, 3.8) is 0 Å². The summed E-state index contributed by atoms with van der Waals surface area (Å²) in [5, 5.41) is 9.74. The number of aliphatic hydroxyl groups is 1. The molecule has 1 aliphatic heterocycles. The van der Waals surface area contributed by atoms with E-state index >= 15 is 0 Å². The minimum absolute atomic E-state index is 0.0791. The molecule has 1 atom stereocenters. The lowest BCUT2D eigenvalue weighted by Gasteiger charge is -2.24. The second-order valence-electron chi connectivity index (χ2n) is 4.66. The fourth-order valence-corrected chi connectivity index (χ4v) is 1.43. The molecule has 1 unspecified atom stereocenters. The number of carbonyl (C=O) groups excluding carboxylic acids is 1. The molecule has 0 spiro atoms. The molecular formula is C10H18O4. The van der Waals surface area contributed by atoms with E-state index in [2.05, 4.69) is 0 Å². The third-order valence-corrected chi connectivity index (χ3v) is 1.92. The smallest absolute Gasteiger partial charge is 0.311 e. The molecule has 1 fully saturated rings. The van der Waals surface area contributed by atoms with Gasteiger partial charge in [0.1, 0.15) is 5.60 Å². The van der Waals surface area contributed by atoms with Gasteiger partial charge in [0.2, 0.25) is 0 Å². The number of esters is 1. The molecule has 0 aromatic carbocycles. The molecule has 0 aromatic heterocycles. The van der Waals surface area contributed by atoms with Crippen molar-refractivity contribution >= 4 is 5.97 Å². The largest absolute Gasteiger partial charge is 0.460 e. The Labute approximate surface area is 84.2 Å². The Bertz CT molecular complexity index is 211. The fraction of sp³-hybridized carbons (Fsp3) is 0.900. The first-order valence-electron chi connectivity index (χ1n) is 4.89. The highest BCUT2D eigenvalue weighted by molar-refractivity contribution is 5.70. The van der Waals surface area contributed by atoms with Crippen molar-refractivity contribution in [2.45, 2.75) is 51.4 Å². The first kappa shape index (κ1) is 11.5. The van der Waals surface area contributed by atoms with E-state index in [1.54, 1.807) is 20.8 Å². The maximum Gasteiger partial charge on any atom is 0.311 e. The highest BCUT2D eigenvalue weighted by atomic mass is 16.6. The van der Waals surface area contributed by atoms with Crippen LogP contribution in [0.4, 0.5) is 0 Å². The first-order valence-corrected chi connectivity index (χ1v) is 4.89. The minimum atomic E-state index is -1.29. The quantitative estimate of drug-likeness (QED) is 0.684. The van der Waals surface area contributed by atoms with Gasteiger partial charge in [-0.3, -0.25) is 4.79 Å². The van der Waals surface area contributed by atoms with E-state index in [0.717, 1.165) is 6.42 Å². The van der Waals surface area contributed by atoms with E-state index in [-0.39, 0.29) is 6.42 Å². The van der Waals surface area contributed by atoms with Gasteiger partial charge < -0.3 is 14.6 Å². The fourth-order valence-electron chi connectivity index (χ4n) is 1.43. The van der Waals surface area contributed by atoms with Gasteiger partial charge in [-0.05, 0) is 27.2 Å². The summed E-state index contributed by atoms with van der Waals surface area (Å²) in [4.78, 5) is 11.4. The summed E-state index contributed by atoms with van der Waals surface area (Å²) in [6, 6.07) is 0. The average molecular weight is 202 g/mol. The summed E-state index contributed by atoms with van der Waals surface area (Å²) in [5.74, 6) is -1.70. The van der Waals surface area contributed by atoms with Crippen molar-refractivity contribution in [1.82, 2.24) is 0 Å². The molecule has 14 heavy (non-hydrogen) atoms. The molecule has 82 valence electrons. The molecule has 1 aliphatic rings. The van der Waals surface area contributed by atoms with Gasteiger partial charge in [0.25, 0.3) is 0 Å². The topological polar surface area (TPSA) is 55.8 Å². The van der Waals surface area contributed by atoms with Crippen molar-refractivity contribution in [3.8, 4) is 0 Å². The second kappa shape index (κ2) is 3.87. The van der Waals surface area contributed by atoms with E-state index in [9.17, 15) is 9.90 Å². The van der Waals surface area contributed by atoms with E-state index < -0.39 is 17.4 Å². The normalized spacial score (nSPS) is 27.7. The summed E-state index contributed by atoms with van der Waals surface area (Å²) in [7, 11) is 0. The molecular weight excluding hydrogens is 184 g/mol. The number of carbonyl (C=O) groups is 1. The first-order chi connectivity index (χ1) is 6.31. The molecule has 1 heterocycles. The van der Waals surface area contributed by atoms with Crippen molar-refractivity contribution in [2.75, 3.05) is 6.61 Å². The van der Waals surface area contributed by atoms with Crippen LogP contribution in [-0.2, 0) is 14.3 Å². The van der Waals surface area contributed by atoms with Gasteiger partial charge in [-0.2, -0.15) is 0 Å². The number of ether oxygens (including phenoxy) is 2. The van der Waals surface area contributed by atoms with Gasteiger partial charge in [0.05, 0.1) is 13.0 Å². The van der Waals surface area contributed by atoms with Crippen molar-refractivity contribution in [2.24, 2.45) is 0 Å². The lowest BCUT2D eigenvalue weighted by molar-refractivity contribution is -0.195. The molecule has 4 heteroatoms. The van der Waals surface area contributed by atoms with Crippen LogP contribution in [0.5, 0.6) is 0 Å². The van der Waals surface area contributed by atoms with E-state index in [1.807, 2.05) is 0 Å². The summed E-state index contributed by atoms with van der Waals surface area (Å²) >= 11 is 0. The molecule has 1 saturated heterocycles. The van der Waals surface area contributed by atoms with Crippen LogP contribution in [0.2, 0.25) is 0 Å². The SMILES string of the molecule is CC(C)(C)OC(=O)CC1(O)CCCO1. The Morgan fingerprint density at radius 1 is 1.57 bits per heavy atom. The third-order valence-electron chi connectivity index (χ3n) is 1.92. The van der Waals surface area contributed by atoms with Crippen molar-refractivity contribution < 1.29 is 19.4 Å². The zero-order valence-electron chi connectivity index (χ0n) is 9.00. The van der Waals surface area contributed by atoms with Crippen LogP contribution in [0.25, 0.3) is 0 Å². The molecule has 0 saturated carbocycles. The molecule has 1 N–H and O–H groups in total. The molecule has 0 aliphatic carbocycles. The highest BCUT2D eigenvalue weighted by Gasteiger charge is 2.36. The van der Waals surface area contributed by atoms with Gasteiger partial charge in [0, 0.05) is 6.42 Å².